The zero-order chi connectivity index (χ0) is 3.54. The number of aromatic nitrogens is 4. The van der Waals surface area contributed by atoms with Crippen molar-refractivity contribution in [3.8, 4) is 0 Å². The maximum absolute atomic E-state index is 3.38. The van der Waals surface area contributed by atoms with Crippen LogP contribution in [0.15, 0.2) is 6.33 Å². The zero-order valence-electron chi connectivity index (χ0n) is 2.92. The Labute approximate surface area is 54.5 Å². The Balaban J connectivity index is 0.000000250. The van der Waals surface area contributed by atoms with Crippen LogP contribution in [0.25, 0.3) is 0 Å². The number of rotatable bonds is 0. The molecule has 1 N–H and O–H groups in total. The van der Waals surface area contributed by atoms with Crippen LogP contribution < -0.4 is 0 Å². The molecule has 0 saturated heterocycles. The molecule has 0 aliphatic heterocycles. The van der Waals surface area contributed by atoms with Crippen molar-refractivity contribution in [1.82, 2.24) is 20.6 Å². The Kier molecular flexibility index (Phi) is 3.19. The summed E-state index contributed by atoms with van der Waals surface area (Å²) >= 11 is 0. The number of nitrogens with zero attached hydrogens (tertiary/aromatic N) is 3. The molecule has 1 aromatic rings. The second-order valence-electron chi connectivity index (χ2n) is 0.560. The maximum atomic E-state index is 3.38. The van der Waals surface area contributed by atoms with Crippen molar-refractivity contribution in [3.05, 3.63) is 6.33 Å². The van der Waals surface area contributed by atoms with Crippen LogP contribution in [0.3, 0.4) is 0 Å². The van der Waals surface area contributed by atoms with Gasteiger partial charge in [0.05, 0.1) is 0 Å². The van der Waals surface area contributed by atoms with Crippen LogP contribution in [0.1, 0.15) is 0 Å². The number of tetrazole rings is 1. The molecule has 0 atom stereocenters. The molecule has 0 fully saturated rings. The number of nitrogens with one attached hydrogen (secondary N) is 1. The van der Waals surface area contributed by atoms with Crippen LogP contribution in [0.4, 0.5) is 0 Å². The summed E-state index contributed by atoms with van der Waals surface area (Å²) in [5.74, 6) is 0. The smallest absolute Gasteiger partial charge is 0.161 e. The van der Waals surface area contributed by atoms with Gasteiger partial charge in [-0.2, -0.15) is 5.21 Å². The summed E-state index contributed by atoms with van der Waals surface area (Å²) in [4.78, 5) is 0. The van der Waals surface area contributed by atoms with Gasteiger partial charge < -0.3 is 0 Å². The Bertz CT molecular complexity index is 64.0. The standard InChI is InChI=1S/CH2N4.Pb/c1-2-4-5-3-1;/h1H,(H,2,3,4,5);. The second kappa shape index (κ2) is 3.19. The van der Waals surface area contributed by atoms with Crippen LogP contribution in [0.2, 0.25) is 0 Å². The Morgan fingerprint density at radius 2 is 2.33 bits per heavy atom. The van der Waals surface area contributed by atoms with E-state index in [0.717, 1.165) is 0 Å². The summed E-state index contributed by atoms with van der Waals surface area (Å²) in [6.07, 6.45) is 1.33. The van der Waals surface area contributed by atoms with Gasteiger partial charge in [-0.1, -0.05) is 5.21 Å². The van der Waals surface area contributed by atoms with E-state index in [9.17, 15) is 0 Å². The van der Waals surface area contributed by atoms with Crippen molar-refractivity contribution in [3.63, 3.8) is 0 Å². The molecule has 30 valence electrons. The third-order valence-electron chi connectivity index (χ3n) is 0.270. The number of hydrogen-bond acceptors (Lipinski definition) is 3. The molecule has 0 amide bonds. The van der Waals surface area contributed by atoms with E-state index in [4.69, 9.17) is 0 Å². The van der Waals surface area contributed by atoms with Crippen molar-refractivity contribution in [2.45, 2.75) is 0 Å². The monoisotopic (exact) mass is 278 g/mol. The van der Waals surface area contributed by atoms with Gasteiger partial charge in [-0.25, -0.2) is 0 Å². The van der Waals surface area contributed by atoms with Gasteiger partial charge in [0.2, 0.25) is 0 Å². The van der Waals surface area contributed by atoms with E-state index >= 15 is 0 Å². The summed E-state index contributed by atoms with van der Waals surface area (Å²) in [6.45, 7) is 0. The van der Waals surface area contributed by atoms with Gasteiger partial charge >= 0.3 is 0 Å². The molecule has 6 heavy (non-hydrogen) atoms. The van der Waals surface area contributed by atoms with Gasteiger partial charge in [0.25, 0.3) is 0 Å². The molecule has 0 aliphatic rings. The molecule has 0 bridgehead atoms. The normalized spacial score (nSPS) is 6.67. The van der Waals surface area contributed by atoms with Crippen LogP contribution in [0, 0.1) is 0 Å². The fourth-order valence-corrected chi connectivity index (χ4v) is 0.129. The molecule has 1 aromatic heterocycles. The van der Waals surface area contributed by atoms with E-state index in [-0.39, 0.29) is 27.3 Å². The molecule has 4 nitrogen and oxygen atoms in total. The van der Waals surface area contributed by atoms with E-state index in [0.29, 0.717) is 0 Å². The Hall–Kier alpha value is -0.00792. The molecule has 0 unspecified atom stereocenters. The first-order chi connectivity index (χ1) is 2.50. The van der Waals surface area contributed by atoms with Gasteiger partial charge in [-0.15, -0.1) is 10.2 Å². The summed E-state index contributed by atoms with van der Waals surface area (Å²) in [7, 11) is 0. The van der Waals surface area contributed by atoms with Gasteiger partial charge in [0.15, 0.2) is 6.33 Å². The van der Waals surface area contributed by atoms with E-state index in [1.54, 1.807) is 0 Å². The number of H-pyrrole nitrogens is 1. The average molecular weight is 277 g/mol. The van der Waals surface area contributed by atoms with Crippen LogP contribution in [-0.2, 0) is 0 Å². The van der Waals surface area contributed by atoms with Gasteiger partial charge in [0, 0.05) is 27.3 Å². The number of aromatic amines is 1. The third kappa shape index (κ3) is 1.43. The molecule has 0 spiro atoms. The first-order valence-corrected chi connectivity index (χ1v) is 1.16. The SMILES string of the molecule is [Pb].c1nn[nH]n1. The average Bonchev–Trinajstić information content (AvgIpc) is 1.76. The van der Waals surface area contributed by atoms with E-state index in [1.807, 2.05) is 0 Å². The predicted molar refractivity (Wildman–Crippen MR) is 19.9 cm³/mol. The summed E-state index contributed by atoms with van der Waals surface area (Å²) in [5, 5.41) is 12.2. The number of hydrogen-bond donors (Lipinski definition) is 1. The maximum Gasteiger partial charge on any atom is 0.161 e. The zero-order valence-corrected chi connectivity index (χ0v) is 6.81. The quantitative estimate of drug-likeness (QED) is 0.607. The fourth-order valence-electron chi connectivity index (χ4n) is 0.129. The summed E-state index contributed by atoms with van der Waals surface area (Å²) in [5.41, 5.74) is 0. The molecular weight excluding hydrogens is 275 g/mol. The first-order valence-electron chi connectivity index (χ1n) is 1.16. The molecular formula is CH2N4Pb. The molecule has 1 heterocycles. The molecule has 4 radical (unpaired) electrons. The molecule has 5 heteroatoms. The largest absolute Gasteiger partial charge is 0.177 e. The van der Waals surface area contributed by atoms with E-state index < -0.39 is 0 Å². The minimum Gasteiger partial charge on any atom is -0.177 e. The van der Waals surface area contributed by atoms with Crippen molar-refractivity contribution in [2.24, 2.45) is 0 Å². The van der Waals surface area contributed by atoms with Crippen LogP contribution >= 0.6 is 0 Å². The Morgan fingerprint density at radius 3 is 2.50 bits per heavy atom. The topological polar surface area (TPSA) is 54.5 Å². The fraction of sp³-hybridized carbons (Fsp3) is 0. The Morgan fingerprint density at radius 1 is 1.50 bits per heavy atom. The second-order valence-corrected chi connectivity index (χ2v) is 0.560. The summed E-state index contributed by atoms with van der Waals surface area (Å²) in [6, 6.07) is 0. The minimum absolute atomic E-state index is 0. The van der Waals surface area contributed by atoms with Crippen molar-refractivity contribution in [1.29, 1.82) is 0 Å². The van der Waals surface area contributed by atoms with Crippen molar-refractivity contribution < 1.29 is 0 Å². The minimum atomic E-state index is 0. The first kappa shape index (κ1) is 5.99. The van der Waals surface area contributed by atoms with Gasteiger partial charge in [-0.05, 0) is 0 Å². The molecule has 1 rings (SSSR count). The van der Waals surface area contributed by atoms with E-state index in [1.165, 1.54) is 6.33 Å². The third-order valence-corrected chi connectivity index (χ3v) is 0.270. The van der Waals surface area contributed by atoms with Crippen LogP contribution in [-0.4, -0.2) is 47.9 Å². The van der Waals surface area contributed by atoms with Gasteiger partial charge in [0.1, 0.15) is 0 Å². The van der Waals surface area contributed by atoms with E-state index in [2.05, 4.69) is 20.6 Å². The predicted octanol–water partition coefficient (Wildman–Crippen LogP) is -1.18. The molecule has 0 aromatic carbocycles. The summed E-state index contributed by atoms with van der Waals surface area (Å²) < 4.78 is 0. The van der Waals surface area contributed by atoms with Crippen molar-refractivity contribution >= 4 is 27.3 Å². The van der Waals surface area contributed by atoms with Crippen molar-refractivity contribution in [2.75, 3.05) is 0 Å². The van der Waals surface area contributed by atoms with Crippen LogP contribution in [0.5, 0.6) is 0 Å². The molecule has 0 saturated carbocycles. The van der Waals surface area contributed by atoms with Gasteiger partial charge in [-0.3, -0.25) is 0 Å². The molecule has 0 aliphatic carbocycles.